The molecule has 1 aromatic carbocycles. The highest BCUT2D eigenvalue weighted by Gasteiger charge is 2.05. The van der Waals surface area contributed by atoms with E-state index in [9.17, 15) is 9.59 Å². The van der Waals surface area contributed by atoms with E-state index < -0.39 is 0 Å². The van der Waals surface area contributed by atoms with Gasteiger partial charge in [-0.1, -0.05) is 12.1 Å². The maximum atomic E-state index is 11.9. The van der Waals surface area contributed by atoms with Crippen LogP contribution in [0, 0.1) is 3.57 Å². The molecule has 0 fully saturated rings. The quantitative estimate of drug-likeness (QED) is 0.636. The Morgan fingerprint density at radius 1 is 1.06 bits per heavy atom. The Balaban J connectivity index is 2.14. The van der Waals surface area contributed by atoms with E-state index in [1.165, 1.54) is 12.1 Å². The smallest absolute Gasteiger partial charge is 0.182 e. The second-order valence-corrected chi connectivity index (χ2v) is 4.88. The van der Waals surface area contributed by atoms with E-state index in [-0.39, 0.29) is 17.8 Å². The summed E-state index contributed by atoms with van der Waals surface area (Å²) in [5, 5.41) is 0. The summed E-state index contributed by atoms with van der Waals surface area (Å²) in [6, 6.07) is 10.3. The van der Waals surface area contributed by atoms with E-state index >= 15 is 0 Å². The van der Waals surface area contributed by atoms with Gasteiger partial charge in [0.15, 0.2) is 11.2 Å². The summed E-state index contributed by atoms with van der Waals surface area (Å²) in [4.78, 5) is 22.8. The molecule has 2 rings (SSSR count). The van der Waals surface area contributed by atoms with E-state index in [0.717, 1.165) is 3.57 Å². The fraction of sp³-hybridized carbons (Fsp3) is 0.0769. The van der Waals surface area contributed by atoms with Gasteiger partial charge in [-0.15, -0.1) is 0 Å². The summed E-state index contributed by atoms with van der Waals surface area (Å²) < 4.78 is 2.80. The number of ketones is 1. The lowest BCUT2D eigenvalue weighted by Gasteiger charge is -2.04. The molecule has 0 unspecified atom stereocenters. The Bertz CT molecular complexity index is 567. The molecule has 0 aliphatic heterocycles. The molecule has 0 atom stereocenters. The molecule has 17 heavy (non-hydrogen) atoms. The van der Waals surface area contributed by atoms with Gasteiger partial charge in [0.05, 0.1) is 6.54 Å². The third kappa shape index (κ3) is 3.26. The summed E-state index contributed by atoms with van der Waals surface area (Å²) in [5.74, 6) is 0.0325. The largest absolute Gasteiger partial charge is 0.346 e. The highest BCUT2D eigenvalue weighted by atomic mass is 127. The van der Waals surface area contributed by atoms with Crippen molar-refractivity contribution in [1.82, 2.24) is 4.57 Å². The fourth-order valence-electron chi connectivity index (χ4n) is 1.44. The molecule has 3 nitrogen and oxygen atoms in total. The average Bonchev–Trinajstić information content (AvgIpc) is 2.33. The van der Waals surface area contributed by atoms with E-state index in [2.05, 4.69) is 22.6 Å². The number of carbonyl (C=O) groups excluding carboxylic acids is 1. The van der Waals surface area contributed by atoms with Gasteiger partial charge in [-0.3, -0.25) is 9.59 Å². The molecule has 0 spiro atoms. The molecular formula is C13H10INO2. The molecule has 0 amide bonds. The summed E-state index contributed by atoms with van der Waals surface area (Å²) >= 11 is 2.20. The van der Waals surface area contributed by atoms with Crippen molar-refractivity contribution in [1.29, 1.82) is 0 Å². The predicted octanol–water partition coefficient (Wildman–Crippen LogP) is 2.34. The number of carbonyl (C=O) groups is 1. The molecule has 4 heteroatoms. The maximum absolute atomic E-state index is 11.9. The van der Waals surface area contributed by atoms with Crippen LogP contribution >= 0.6 is 22.6 Å². The zero-order valence-corrected chi connectivity index (χ0v) is 11.1. The molecule has 1 aromatic heterocycles. The van der Waals surface area contributed by atoms with E-state index in [1.54, 1.807) is 17.0 Å². The minimum atomic E-state index is -0.0528. The molecule has 0 saturated heterocycles. The van der Waals surface area contributed by atoms with E-state index in [4.69, 9.17) is 0 Å². The van der Waals surface area contributed by atoms with Crippen LogP contribution in [0.2, 0.25) is 0 Å². The van der Waals surface area contributed by atoms with Crippen molar-refractivity contribution in [2.45, 2.75) is 6.54 Å². The lowest BCUT2D eigenvalue weighted by molar-refractivity contribution is 0.0972. The Labute approximate surface area is 112 Å². The van der Waals surface area contributed by atoms with Crippen LogP contribution in [0.5, 0.6) is 0 Å². The zero-order valence-electron chi connectivity index (χ0n) is 8.97. The minimum Gasteiger partial charge on any atom is -0.346 e. The topological polar surface area (TPSA) is 39.1 Å². The minimum absolute atomic E-state index is 0.0325. The van der Waals surface area contributed by atoms with Gasteiger partial charge >= 0.3 is 0 Å². The molecular weight excluding hydrogens is 329 g/mol. The van der Waals surface area contributed by atoms with Gasteiger partial charge in [-0.05, 0) is 34.7 Å². The van der Waals surface area contributed by atoms with Crippen molar-refractivity contribution >= 4 is 28.4 Å². The van der Waals surface area contributed by atoms with Gasteiger partial charge in [-0.2, -0.15) is 0 Å². The number of hydrogen-bond donors (Lipinski definition) is 0. The molecule has 0 N–H and O–H groups in total. The number of halogens is 1. The normalized spacial score (nSPS) is 10.2. The van der Waals surface area contributed by atoms with Gasteiger partial charge in [0.2, 0.25) is 0 Å². The lowest BCUT2D eigenvalue weighted by Crippen LogP contribution is -2.12. The summed E-state index contributed by atoms with van der Waals surface area (Å²) in [7, 11) is 0. The molecule has 0 bridgehead atoms. The average molecular weight is 339 g/mol. The van der Waals surface area contributed by atoms with Gasteiger partial charge in [0, 0.05) is 33.7 Å². The lowest BCUT2D eigenvalue weighted by atomic mass is 10.1. The highest BCUT2D eigenvalue weighted by molar-refractivity contribution is 14.1. The second kappa shape index (κ2) is 5.27. The van der Waals surface area contributed by atoms with Crippen molar-refractivity contribution in [3.8, 4) is 0 Å². The number of rotatable bonds is 3. The monoisotopic (exact) mass is 339 g/mol. The van der Waals surface area contributed by atoms with E-state index in [0.29, 0.717) is 5.56 Å². The van der Waals surface area contributed by atoms with Crippen LogP contribution in [-0.2, 0) is 6.54 Å². The van der Waals surface area contributed by atoms with Gasteiger partial charge in [-0.25, -0.2) is 0 Å². The first-order valence-corrected chi connectivity index (χ1v) is 6.18. The Morgan fingerprint density at radius 3 is 2.24 bits per heavy atom. The summed E-state index contributed by atoms with van der Waals surface area (Å²) in [6.45, 7) is 0.251. The van der Waals surface area contributed by atoms with Crippen LogP contribution in [0.4, 0.5) is 0 Å². The van der Waals surface area contributed by atoms with Crippen molar-refractivity contribution < 1.29 is 4.79 Å². The van der Waals surface area contributed by atoms with Crippen LogP contribution in [0.15, 0.2) is 53.6 Å². The molecule has 86 valence electrons. The van der Waals surface area contributed by atoms with Crippen molar-refractivity contribution in [2.24, 2.45) is 0 Å². The number of nitrogens with zero attached hydrogens (tertiary/aromatic N) is 1. The standard InChI is InChI=1S/C13H10INO2/c14-11-3-1-10(2-4-11)13(17)9-15-7-5-12(16)6-8-15/h1-8H,9H2. The first-order valence-electron chi connectivity index (χ1n) is 5.10. The van der Waals surface area contributed by atoms with Gasteiger partial charge in [0.1, 0.15) is 0 Å². The second-order valence-electron chi connectivity index (χ2n) is 3.64. The van der Waals surface area contributed by atoms with Gasteiger partial charge < -0.3 is 4.57 Å². The summed E-state index contributed by atoms with van der Waals surface area (Å²) in [6.07, 6.45) is 3.24. The predicted molar refractivity (Wildman–Crippen MR) is 74.2 cm³/mol. The van der Waals surface area contributed by atoms with Crippen molar-refractivity contribution in [2.75, 3.05) is 0 Å². The number of benzene rings is 1. The van der Waals surface area contributed by atoms with Crippen molar-refractivity contribution in [3.63, 3.8) is 0 Å². The number of pyridine rings is 1. The third-order valence-corrected chi connectivity index (χ3v) is 3.07. The number of hydrogen-bond acceptors (Lipinski definition) is 2. The first-order chi connectivity index (χ1) is 8.15. The first kappa shape index (κ1) is 12.0. The third-order valence-electron chi connectivity index (χ3n) is 2.35. The van der Waals surface area contributed by atoms with Crippen LogP contribution in [0.3, 0.4) is 0 Å². The number of Topliss-reactive ketones (excluding diaryl/α,β-unsaturated/α-hetero) is 1. The molecule has 2 aromatic rings. The van der Waals surface area contributed by atoms with Crippen LogP contribution < -0.4 is 5.43 Å². The Morgan fingerprint density at radius 2 is 1.65 bits per heavy atom. The van der Waals surface area contributed by atoms with Crippen LogP contribution in [-0.4, -0.2) is 10.4 Å². The molecule has 0 saturated carbocycles. The Kier molecular flexibility index (Phi) is 3.73. The highest BCUT2D eigenvalue weighted by Crippen LogP contribution is 2.08. The van der Waals surface area contributed by atoms with Crippen LogP contribution in [0.25, 0.3) is 0 Å². The maximum Gasteiger partial charge on any atom is 0.182 e. The number of aromatic nitrogens is 1. The van der Waals surface area contributed by atoms with Gasteiger partial charge in [0.25, 0.3) is 0 Å². The summed E-state index contributed by atoms with van der Waals surface area (Å²) in [5.41, 5.74) is 0.632. The fourth-order valence-corrected chi connectivity index (χ4v) is 1.80. The van der Waals surface area contributed by atoms with E-state index in [1.807, 2.05) is 24.3 Å². The Hall–Kier alpha value is -1.43. The molecule has 0 aliphatic carbocycles. The van der Waals surface area contributed by atoms with Crippen LogP contribution in [0.1, 0.15) is 10.4 Å². The molecule has 1 heterocycles. The molecule has 0 radical (unpaired) electrons. The molecule has 0 aliphatic rings. The zero-order chi connectivity index (χ0) is 12.3. The SMILES string of the molecule is O=C(Cn1ccc(=O)cc1)c1ccc(I)cc1. The van der Waals surface area contributed by atoms with Crippen molar-refractivity contribution in [3.05, 3.63) is 68.1 Å².